The SMILES string of the molecule is CNCCC(NC)C1CCCCC1. The summed E-state index contributed by atoms with van der Waals surface area (Å²) in [4.78, 5) is 0. The molecule has 1 fully saturated rings. The number of hydrogen-bond acceptors (Lipinski definition) is 2. The molecule has 1 aliphatic carbocycles. The first-order chi connectivity index (χ1) is 6.38. The van der Waals surface area contributed by atoms with E-state index in [0.717, 1.165) is 18.5 Å². The zero-order valence-electron chi connectivity index (χ0n) is 9.10. The van der Waals surface area contributed by atoms with Gasteiger partial charge in [-0.05, 0) is 45.8 Å². The Bertz CT molecular complexity index is 119. The lowest BCUT2D eigenvalue weighted by Gasteiger charge is -2.30. The van der Waals surface area contributed by atoms with Gasteiger partial charge in [0.15, 0.2) is 0 Å². The summed E-state index contributed by atoms with van der Waals surface area (Å²) in [6, 6.07) is 0.743. The molecular formula is C11H24N2. The molecule has 2 heteroatoms. The third-order valence-corrected chi connectivity index (χ3v) is 3.29. The van der Waals surface area contributed by atoms with Gasteiger partial charge in [-0.25, -0.2) is 0 Å². The average molecular weight is 184 g/mol. The molecule has 0 aromatic rings. The molecule has 1 saturated carbocycles. The van der Waals surface area contributed by atoms with Crippen molar-refractivity contribution in [2.75, 3.05) is 20.6 Å². The van der Waals surface area contributed by atoms with Gasteiger partial charge in [0.2, 0.25) is 0 Å². The second-order valence-corrected chi connectivity index (χ2v) is 4.19. The van der Waals surface area contributed by atoms with Gasteiger partial charge in [-0.1, -0.05) is 19.3 Å². The molecule has 0 bridgehead atoms. The van der Waals surface area contributed by atoms with Gasteiger partial charge in [0.25, 0.3) is 0 Å². The summed E-state index contributed by atoms with van der Waals surface area (Å²) < 4.78 is 0. The summed E-state index contributed by atoms with van der Waals surface area (Å²) in [5, 5.41) is 6.70. The quantitative estimate of drug-likeness (QED) is 0.680. The predicted octanol–water partition coefficient (Wildman–Crippen LogP) is 1.76. The van der Waals surface area contributed by atoms with Crippen molar-refractivity contribution in [3.05, 3.63) is 0 Å². The van der Waals surface area contributed by atoms with E-state index in [1.54, 1.807) is 0 Å². The van der Waals surface area contributed by atoms with Crippen LogP contribution in [0.5, 0.6) is 0 Å². The smallest absolute Gasteiger partial charge is 0.0104 e. The second-order valence-electron chi connectivity index (χ2n) is 4.19. The minimum absolute atomic E-state index is 0.743. The molecule has 0 saturated heterocycles. The third-order valence-electron chi connectivity index (χ3n) is 3.29. The number of hydrogen-bond donors (Lipinski definition) is 2. The van der Waals surface area contributed by atoms with Gasteiger partial charge < -0.3 is 10.6 Å². The molecule has 0 radical (unpaired) electrons. The van der Waals surface area contributed by atoms with Crippen LogP contribution in [0.25, 0.3) is 0 Å². The molecule has 1 atom stereocenters. The molecule has 1 aliphatic rings. The van der Waals surface area contributed by atoms with E-state index >= 15 is 0 Å². The second kappa shape index (κ2) is 6.39. The van der Waals surface area contributed by atoms with Gasteiger partial charge in [0, 0.05) is 6.04 Å². The van der Waals surface area contributed by atoms with Crippen LogP contribution >= 0.6 is 0 Å². The molecule has 1 unspecified atom stereocenters. The van der Waals surface area contributed by atoms with E-state index in [2.05, 4.69) is 17.7 Å². The van der Waals surface area contributed by atoms with Gasteiger partial charge in [-0.15, -0.1) is 0 Å². The fraction of sp³-hybridized carbons (Fsp3) is 1.00. The molecule has 2 nitrogen and oxygen atoms in total. The third kappa shape index (κ3) is 3.65. The van der Waals surface area contributed by atoms with E-state index < -0.39 is 0 Å². The summed E-state index contributed by atoms with van der Waals surface area (Å²) in [5.41, 5.74) is 0. The largest absolute Gasteiger partial charge is 0.320 e. The van der Waals surface area contributed by atoms with Crippen molar-refractivity contribution in [3.63, 3.8) is 0 Å². The topological polar surface area (TPSA) is 24.1 Å². The van der Waals surface area contributed by atoms with Crippen molar-refractivity contribution in [1.29, 1.82) is 0 Å². The molecule has 0 aliphatic heterocycles. The highest BCUT2D eigenvalue weighted by Crippen LogP contribution is 2.27. The first kappa shape index (κ1) is 11.0. The lowest BCUT2D eigenvalue weighted by molar-refractivity contribution is 0.267. The lowest BCUT2D eigenvalue weighted by atomic mass is 9.83. The van der Waals surface area contributed by atoms with Crippen molar-refractivity contribution >= 4 is 0 Å². The first-order valence-electron chi connectivity index (χ1n) is 5.70. The van der Waals surface area contributed by atoms with Crippen molar-refractivity contribution in [3.8, 4) is 0 Å². The van der Waals surface area contributed by atoms with Crippen molar-refractivity contribution in [2.45, 2.75) is 44.6 Å². The van der Waals surface area contributed by atoms with Gasteiger partial charge in [0.05, 0.1) is 0 Å². The minimum Gasteiger partial charge on any atom is -0.320 e. The summed E-state index contributed by atoms with van der Waals surface area (Å²) in [5.74, 6) is 0.937. The Morgan fingerprint density at radius 1 is 1.15 bits per heavy atom. The summed E-state index contributed by atoms with van der Waals surface area (Å²) >= 11 is 0. The Labute approximate surface area is 82.5 Å². The monoisotopic (exact) mass is 184 g/mol. The maximum Gasteiger partial charge on any atom is 0.0104 e. The van der Waals surface area contributed by atoms with Gasteiger partial charge in [-0.2, -0.15) is 0 Å². The highest BCUT2D eigenvalue weighted by molar-refractivity contribution is 4.78. The highest BCUT2D eigenvalue weighted by atomic mass is 14.9. The Morgan fingerprint density at radius 3 is 2.38 bits per heavy atom. The Kier molecular flexibility index (Phi) is 5.40. The van der Waals surface area contributed by atoms with E-state index in [1.165, 1.54) is 38.5 Å². The molecule has 0 spiro atoms. The summed E-state index contributed by atoms with van der Waals surface area (Å²) in [7, 11) is 4.14. The van der Waals surface area contributed by atoms with Crippen LogP contribution in [0.15, 0.2) is 0 Å². The van der Waals surface area contributed by atoms with Crippen LogP contribution < -0.4 is 10.6 Å². The van der Waals surface area contributed by atoms with E-state index in [1.807, 2.05) is 7.05 Å². The maximum atomic E-state index is 3.47. The standard InChI is InChI=1S/C11H24N2/c1-12-9-8-11(13-2)10-6-4-3-5-7-10/h10-13H,3-9H2,1-2H3. The van der Waals surface area contributed by atoms with Crippen LogP contribution in [0.2, 0.25) is 0 Å². The number of rotatable bonds is 5. The predicted molar refractivity (Wildman–Crippen MR) is 58.0 cm³/mol. The Hall–Kier alpha value is -0.0800. The first-order valence-corrected chi connectivity index (χ1v) is 5.70. The zero-order valence-corrected chi connectivity index (χ0v) is 9.10. The Balaban J connectivity index is 2.26. The van der Waals surface area contributed by atoms with Crippen LogP contribution in [-0.4, -0.2) is 26.7 Å². The lowest BCUT2D eigenvalue weighted by Crippen LogP contribution is -2.36. The number of nitrogens with one attached hydrogen (secondary N) is 2. The van der Waals surface area contributed by atoms with Crippen LogP contribution in [0.1, 0.15) is 38.5 Å². The van der Waals surface area contributed by atoms with E-state index in [-0.39, 0.29) is 0 Å². The van der Waals surface area contributed by atoms with E-state index in [4.69, 9.17) is 0 Å². The summed E-state index contributed by atoms with van der Waals surface area (Å²) in [6.45, 7) is 1.14. The van der Waals surface area contributed by atoms with Crippen LogP contribution in [-0.2, 0) is 0 Å². The van der Waals surface area contributed by atoms with Crippen LogP contribution in [0.3, 0.4) is 0 Å². The van der Waals surface area contributed by atoms with Gasteiger partial charge in [0.1, 0.15) is 0 Å². The minimum atomic E-state index is 0.743. The molecule has 0 aromatic carbocycles. The van der Waals surface area contributed by atoms with Crippen molar-refractivity contribution in [2.24, 2.45) is 5.92 Å². The van der Waals surface area contributed by atoms with E-state index in [0.29, 0.717) is 0 Å². The molecule has 2 N–H and O–H groups in total. The summed E-state index contributed by atoms with van der Waals surface area (Å²) in [6.07, 6.45) is 8.51. The molecule has 0 amide bonds. The van der Waals surface area contributed by atoms with Gasteiger partial charge in [-0.3, -0.25) is 0 Å². The molecule has 78 valence electrons. The van der Waals surface area contributed by atoms with Crippen LogP contribution in [0, 0.1) is 5.92 Å². The fourth-order valence-corrected chi connectivity index (χ4v) is 2.45. The average Bonchev–Trinajstić information content (AvgIpc) is 2.21. The van der Waals surface area contributed by atoms with E-state index in [9.17, 15) is 0 Å². The normalized spacial score (nSPS) is 21.7. The molecule has 1 rings (SSSR count). The molecule has 13 heavy (non-hydrogen) atoms. The van der Waals surface area contributed by atoms with Crippen molar-refractivity contribution < 1.29 is 0 Å². The molecular weight excluding hydrogens is 160 g/mol. The zero-order chi connectivity index (χ0) is 9.52. The van der Waals surface area contributed by atoms with Crippen LogP contribution in [0.4, 0.5) is 0 Å². The molecule has 0 heterocycles. The maximum absolute atomic E-state index is 3.47. The fourth-order valence-electron chi connectivity index (χ4n) is 2.45. The van der Waals surface area contributed by atoms with Crippen molar-refractivity contribution in [1.82, 2.24) is 10.6 Å². The highest BCUT2D eigenvalue weighted by Gasteiger charge is 2.21. The molecule has 0 aromatic heterocycles. The Morgan fingerprint density at radius 2 is 1.85 bits per heavy atom. The van der Waals surface area contributed by atoms with Gasteiger partial charge >= 0.3 is 0 Å².